The summed E-state index contributed by atoms with van der Waals surface area (Å²) in [4.78, 5) is 0. The third-order valence-electron chi connectivity index (χ3n) is 3.44. The molecule has 1 unspecified atom stereocenters. The molecule has 0 saturated carbocycles. The van der Waals surface area contributed by atoms with E-state index in [4.69, 9.17) is 0 Å². The Morgan fingerprint density at radius 3 is 3.00 bits per heavy atom. The van der Waals surface area contributed by atoms with Crippen LogP contribution in [-0.4, -0.2) is 16.3 Å². The van der Waals surface area contributed by atoms with E-state index in [-0.39, 0.29) is 0 Å². The summed E-state index contributed by atoms with van der Waals surface area (Å²) in [6, 6.07) is 11.0. The van der Waals surface area contributed by atoms with Crippen LogP contribution in [-0.2, 0) is 7.05 Å². The van der Waals surface area contributed by atoms with Gasteiger partial charge in [0.1, 0.15) is 0 Å². The molecule has 2 heterocycles. The first-order chi connectivity index (χ1) is 8.74. The summed E-state index contributed by atoms with van der Waals surface area (Å²) in [5.74, 6) is 0. The zero-order valence-electron chi connectivity index (χ0n) is 10.4. The van der Waals surface area contributed by atoms with Crippen LogP contribution in [0.5, 0.6) is 0 Å². The van der Waals surface area contributed by atoms with Crippen molar-refractivity contribution in [2.75, 3.05) is 6.54 Å². The van der Waals surface area contributed by atoms with Gasteiger partial charge < -0.3 is 5.32 Å². The van der Waals surface area contributed by atoms with Gasteiger partial charge in [0.25, 0.3) is 0 Å². The zero-order chi connectivity index (χ0) is 12.5. The van der Waals surface area contributed by atoms with E-state index in [1.165, 1.54) is 24.1 Å². The number of benzene rings is 1. The van der Waals surface area contributed by atoms with Crippen LogP contribution in [0.3, 0.4) is 0 Å². The molecule has 0 spiro atoms. The maximum absolute atomic E-state index is 4.64. The van der Waals surface area contributed by atoms with Crippen molar-refractivity contribution in [2.45, 2.75) is 18.9 Å². The van der Waals surface area contributed by atoms with Crippen molar-refractivity contribution in [3.63, 3.8) is 0 Å². The van der Waals surface area contributed by atoms with Crippen LogP contribution in [0.1, 0.15) is 24.6 Å². The van der Waals surface area contributed by atoms with E-state index in [2.05, 4.69) is 50.6 Å². The summed E-state index contributed by atoms with van der Waals surface area (Å²) in [5.41, 5.74) is 3.52. The highest BCUT2D eigenvalue weighted by molar-refractivity contribution is 9.10. The molecule has 0 aliphatic carbocycles. The number of hydrogen-bond acceptors (Lipinski definition) is 2. The predicted molar refractivity (Wildman–Crippen MR) is 76.3 cm³/mol. The van der Waals surface area contributed by atoms with Gasteiger partial charge in [0.15, 0.2) is 0 Å². The van der Waals surface area contributed by atoms with Gasteiger partial charge in [-0.2, -0.15) is 5.10 Å². The predicted octanol–water partition coefficient (Wildman–Crippen LogP) is 3.27. The summed E-state index contributed by atoms with van der Waals surface area (Å²) < 4.78 is 3.07. The number of halogens is 1. The summed E-state index contributed by atoms with van der Waals surface area (Å²) in [5, 5.41) is 8.13. The van der Waals surface area contributed by atoms with E-state index in [1.807, 2.05) is 17.8 Å². The summed E-state index contributed by atoms with van der Waals surface area (Å²) in [7, 11) is 2.01. The fraction of sp³-hybridized carbons (Fsp3) is 0.357. The van der Waals surface area contributed by atoms with Crippen LogP contribution in [0.4, 0.5) is 0 Å². The third-order valence-corrected chi connectivity index (χ3v) is 3.93. The topological polar surface area (TPSA) is 29.9 Å². The van der Waals surface area contributed by atoms with Gasteiger partial charge in [0.05, 0.1) is 17.4 Å². The summed E-state index contributed by atoms with van der Waals surface area (Å²) >= 11 is 3.52. The highest BCUT2D eigenvalue weighted by Gasteiger charge is 2.20. The van der Waals surface area contributed by atoms with Gasteiger partial charge in [-0.05, 0) is 37.6 Å². The summed E-state index contributed by atoms with van der Waals surface area (Å²) in [6.07, 6.45) is 2.43. The number of nitrogens with zero attached hydrogens (tertiary/aromatic N) is 2. The first-order valence-electron chi connectivity index (χ1n) is 6.27. The van der Waals surface area contributed by atoms with Gasteiger partial charge in [-0.15, -0.1) is 0 Å². The van der Waals surface area contributed by atoms with E-state index in [0.717, 1.165) is 16.7 Å². The molecule has 1 N–H and O–H groups in total. The SMILES string of the molecule is Cn1nc(C2CCCN2)cc1-c1cccc(Br)c1. The first-order valence-corrected chi connectivity index (χ1v) is 7.06. The number of hydrogen-bond donors (Lipinski definition) is 1. The van der Waals surface area contributed by atoms with Gasteiger partial charge in [-0.3, -0.25) is 4.68 Å². The molecule has 3 rings (SSSR count). The molecule has 94 valence electrons. The molecule has 1 saturated heterocycles. The molecule has 0 bridgehead atoms. The molecule has 1 aromatic carbocycles. The van der Waals surface area contributed by atoms with E-state index in [9.17, 15) is 0 Å². The second-order valence-electron chi connectivity index (χ2n) is 4.74. The molecule has 1 aliphatic heterocycles. The number of aromatic nitrogens is 2. The van der Waals surface area contributed by atoms with E-state index >= 15 is 0 Å². The van der Waals surface area contributed by atoms with E-state index in [0.29, 0.717) is 6.04 Å². The third kappa shape index (κ3) is 2.22. The lowest BCUT2D eigenvalue weighted by molar-refractivity contribution is 0.607. The molecule has 1 atom stereocenters. The molecular weight excluding hydrogens is 290 g/mol. The minimum Gasteiger partial charge on any atom is -0.309 e. The number of nitrogens with one attached hydrogen (secondary N) is 1. The van der Waals surface area contributed by atoms with Crippen LogP contribution < -0.4 is 5.32 Å². The van der Waals surface area contributed by atoms with Gasteiger partial charge >= 0.3 is 0 Å². The lowest BCUT2D eigenvalue weighted by Crippen LogP contribution is -2.13. The van der Waals surface area contributed by atoms with Crippen LogP contribution in [0.25, 0.3) is 11.3 Å². The Kier molecular flexibility index (Phi) is 3.22. The average molecular weight is 306 g/mol. The molecule has 4 heteroatoms. The van der Waals surface area contributed by atoms with Crippen LogP contribution in [0, 0.1) is 0 Å². The standard InChI is InChI=1S/C14H16BrN3/c1-18-14(10-4-2-5-11(15)8-10)9-13(17-18)12-6-3-7-16-12/h2,4-5,8-9,12,16H,3,6-7H2,1H3. The first kappa shape index (κ1) is 11.9. The minimum absolute atomic E-state index is 0.428. The molecular formula is C14H16BrN3. The molecule has 18 heavy (non-hydrogen) atoms. The van der Waals surface area contributed by atoms with Crippen molar-refractivity contribution in [1.82, 2.24) is 15.1 Å². The maximum atomic E-state index is 4.64. The second kappa shape index (κ2) is 4.86. The molecule has 1 fully saturated rings. The highest BCUT2D eigenvalue weighted by Crippen LogP contribution is 2.28. The van der Waals surface area contributed by atoms with Crippen LogP contribution >= 0.6 is 15.9 Å². The second-order valence-corrected chi connectivity index (χ2v) is 5.65. The van der Waals surface area contributed by atoms with Crippen molar-refractivity contribution in [2.24, 2.45) is 7.05 Å². The zero-order valence-corrected chi connectivity index (χ0v) is 11.9. The van der Waals surface area contributed by atoms with Gasteiger partial charge in [0, 0.05) is 17.1 Å². The van der Waals surface area contributed by atoms with E-state index in [1.54, 1.807) is 0 Å². The fourth-order valence-corrected chi connectivity index (χ4v) is 2.91. The molecule has 3 nitrogen and oxygen atoms in total. The largest absolute Gasteiger partial charge is 0.309 e. The maximum Gasteiger partial charge on any atom is 0.0800 e. The fourth-order valence-electron chi connectivity index (χ4n) is 2.51. The van der Waals surface area contributed by atoms with Crippen molar-refractivity contribution < 1.29 is 0 Å². The Labute approximate surface area is 115 Å². The van der Waals surface area contributed by atoms with Gasteiger partial charge in [-0.25, -0.2) is 0 Å². The van der Waals surface area contributed by atoms with Gasteiger partial charge in [-0.1, -0.05) is 28.1 Å². The molecule has 1 aromatic heterocycles. The smallest absolute Gasteiger partial charge is 0.0800 e. The normalized spacial score (nSPS) is 19.3. The molecule has 0 amide bonds. The Morgan fingerprint density at radius 2 is 2.28 bits per heavy atom. The number of aryl methyl sites for hydroxylation is 1. The van der Waals surface area contributed by atoms with Crippen molar-refractivity contribution >= 4 is 15.9 Å². The van der Waals surface area contributed by atoms with Crippen molar-refractivity contribution in [3.05, 3.63) is 40.5 Å². The van der Waals surface area contributed by atoms with Crippen molar-refractivity contribution in [3.8, 4) is 11.3 Å². The highest BCUT2D eigenvalue weighted by atomic mass is 79.9. The lowest BCUT2D eigenvalue weighted by Gasteiger charge is -2.04. The van der Waals surface area contributed by atoms with Crippen LogP contribution in [0.15, 0.2) is 34.8 Å². The molecule has 2 aromatic rings. The Morgan fingerprint density at radius 1 is 1.39 bits per heavy atom. The van der Waals surface area contributed by atoms with Gasteiger partial charge in [0.2, 0.25) is 0 Å². The monoisotopic (exact) mass is 305 g/mol. The molecule has 0 radical (unpaired) electrons. The Hall–Kier alpha value is -1.13. The Bertz CT molecular complexity index is 556. The lowest BCUT2D eigenvalue weighted by atomic mass is 10.1. The van der Waals surface area contributed by atoms with Crippen LogP contribution in [0.2, 0.25) is 0 Å². The molecule has 1 aliphatic rings. The minimum atomic E-state index is 0.428. The number of rotatable bonds is 2. The Balaban J connectivity index is 1.97. The average Bonchev–Trinajstić information content (AvgIpc) is 2.97. The summed E-state index contributed by atoms with van der Waals surface area (Å²) in [6.45, 7) is 1.10. The quantitative estimate of drug-likeness (QED) is 0.923. The van der Waals surface area contributed by atoms with Crippen molar-refractivity contribution in [1.29, 1.82) is 0 Å². The van der Waals surface area contributed by atoms with E-state index < -0.39 is 0 Å².